The first-order chi connectivity index (χ1) is 8.11. The molecule has 1 aliphatic rings. The number of nitrogens with zero attached hydrogens (tertiary/aromatic N) is 1. The fourth-order valence-corrected chi connectivity index (χ4v) is 1.54. The van der Waals surface area contributed by atoms with Gasteiger partial charge in [-0.05, 0) is 19.3 Å². The van der Waals surface area contributed by atoms with E-state index in [1.807, 2.05) is 0 Å². The molecule has 92 valence electrons. The lowest BCUT2D eigenvalue weighted by atomic mass is 10.2. The molecule has 17 heavy (non-hydrogen) atoms. The first-order valence-electron chi connectivity index (χ1n) is 5.62. The third-order valence-electron chi connectivity index (χ3n) is 2.76. The van der Waals surface area contributed by atoms with Crippen LogP contribution in [0.4, 0.5) is 0 Å². The van der Waals surface area contributed by atoms with Gasteiger partial charge in [0, 0.05) is 12.0 Å². The van der Waals surface area contributed by atoms with E-state index >= 15 is 0 Å². The van der Waals surface area contributed by atoms with Gasteiger partial charge >= 0.3 is 5.97 Å². The highest BCUT2D eigenvalue weighted by Gasteiger charge is 2.29. The lowest BCUT2D eigenvalue weighted by molar-refractivity contribution is -0.139. The Hall–Kier alpha value is -1.85. The average molecular weight is 238 g/mol. The van der Waals surface area contributed by atoms with Gasteiger partial charge in [0.25, 0.3) is 5.91 Å². The zero-order chi connectivity index (χ0) is 12.4. The maximum Gasteiger partial charge on any atom is 0.326 e. The molecule has 0 aromatic carbocycles. The van der Waals surface area contributed by atoms with Crippen LogP contribution < -0.4 is 5.32 Å². The fraction of sp³-hybridized carbons (Fsp3) is 0.545. The largest absolute Gasteiger partial charge is 0.480 e. The number of rotatable bonds is 5. The summed E-state index contributed by atoms with van der Waals surface area (Å²) in [5, 5.41) is 15.0. The van der Waals surface area contributed by atoms with Crippen LogP contribution in [0.15, 0.2) is 10.6 Å². The van der Waals surface area contributed by atoms with Gasteiger partial charge in [0.15, 0.2) is 0 Å². The fourth-order valence-electron chi connectivity index (χ4n) is 1.54. The molecule has 1 atom stereocenters. The Morgan fingerprint density at radius 1 is 1.65 bits per heavy atom. The van der Waals surface area contributed by atoms with Crippen LogP contribution >= 0.6 is 0 Å². The molecule has 0 bridgehead atoms. The lowest BCUT2D eigenvalue weighted by Crippen LogP contribution is -2.40. The molecule has 1 aliphatic carbocycles. The van der Waals surface area contributed by atoms with E-state index in [1.165, 1.54) is 0 Å². The van der Waals surface area contributed by atoms with Crippen molar-refractivity contribution in [1.82, 2.24) is 10.5 Å². The number of carboxylic acid groups (broad SMARTS) is 1. The van der Waals surface area contributed by atoms with Crippen LogP contribution in [-0.2, 0) is 4.79 Å². The van der Waals surface area contributed by atoms with Crippen molar-refractivity contribution in [2.45, 2.75) is 38.1 Å². The minimum absolute atomic E-state index is 0.0756. The van der Waals surface area contributed by atoms with Crippen LogP contribution in [0.25, 0.3) is 0 Å². The van der Waals surface area contributed by atoms with E-state index in [2.05, 4.69) is 10.5 Å². The van der Waals surface area contributed by atoms with E-state index in [1.54, 1.807) is 13.0 Å². The summed E-state index contributed by atoms with van der Waals surface area (Å²) in [6, 6.07) is 0.693. The molecule has 1 unspecified atom stereocenters. The van der Waals surface area contributed by atoms with Crippen LogP contribution in [0.3, 0.4) is 0 Å². The smallest absolute Gasteiger partial charge is 0.326 e. The number of carbonyl (C=O) groups is 2. The van der Waals surface area contributed by atoms with Gasteiger partial charge in [-0.1, -0.05) is 12.1 Å². The summed E-state index contributed by atoms with van der Waals surface area (Å²) in [5.41, 5.74) is 0.776. The van der Waals surface area contributed by atoms with Gasteiger partial charge in [-0.2, -0.15) is 0 Å². The minimum Gasteiger partial charge on any atom is -0.480 e. The maximum absolute atomic E-state index is 11.7. The minimum atomic E-state index is -1.05. The highest BCUT2D eigenvalue weighted by molar-refractivity contribution is 5.94. The first kappa shape index (κ1) is 11.6. The van der Waals surface area contributed by atoms with E-state index < -0.39 is 17.9 Å². The number of amides is 1. The van der Waals surface area contributed by atoms with Crippen molar-refractivity contribution < 1.29 is 19.2 Å². The van der Waals surface area contributed by atoms with Crippen molar-refractivity contribution in [2.24, 2.45) is 0 Å². The molecule has 6 heteroatoms. The van der Waals surface area contributed by atoms with Gasteiger partial charge < -0.3 is 14.9 Å². The standard InChI is InChI=1S/C11H14N2O4/c1-2-7(11(15)16)12-10(14)9-5-8(13-17-9)6-3-4-6/h5-7H,2-4H2,1H3,(H,12,14)(H,15,16). The van der Waals surface area contributed by atoms with Gasteiger partial charge in [-0.3, -0.25) is 4.79 Å². The van der Waals surface area contributed by atoms with Crippen LogP contribution in [0, 0.1) is 0 Å². The number of carbonyl (C=O) groups excluding carboxylic acids is 1. The van der Waals surface area contributed by atoms with Gasteiger partial charge in [-0.25, -0.2) is 4.79 Å². The Bertz CT molecular complexity index is 436. The quantitative estimate of drug-likeness (QED) is 0.802. The van der Waals surface area contributed by atoms with Crippen LogP contribution in [-0.4, -0.2) is 28.2 Å². The van der Waals surface area contributed by atoms with Crippen molar-refractivity contribution in [3.8, 4) is 0 Å². The molecule has 1 saturated carbocycles. The van der Waals surface area contributed by atoms with Crippen molar-refractivity contribution in [3.05, 3.63) is 17.5 Å². The van der Waals surface area contributed by atoms with E-state index in [0.29, 0.717) is 12.3 Å². The predicted octanol–water partition coefficient (Wildman–Crippen LogP) is 1.15. The Balaban J connectivity index is 2.00. The maximum atomic E-state index is 11.7. The average Bonchev–Trinajstić information content (AvgIpc) is 3.03. The van der Waals surface area contributed by atoms with Crippen LogP contribution in [0.2, 0.25) is 0 Å². The lowest BCUT2D eigenvalue weighted by Gasteiger charge is -2.09. The monoisotopic (exact) mass is 238 g/mol. The Morgan fingerprint density at radius 2 is 2.35 bits per heavy atom. The predicted molar refractivity (Wildman–Crippen MR) is 57.7 cm³/mol. The highest BCUT2D eigenvalue weighted by atomic mass is 16.5. The summed E-state index contributed by atoms with van der Waals surface area (Å²) in [4.78, 5) is 22.4. The second-order valence-corrected chi connectivity index (χ2v) is 4.16. The molecule has 0 saturated heterocycles. The van der Waals surface area contributed by atoms with Gasteiger partial charge in [-0.15, -0.1) is 0 Å². The van der Waals surface area contributed by atoms with Gasteiger partial charge in [0.2, 0.25) is 5.76 Å². The normalized spacial score (nSPS) is 16.5. The van der Waals surface area contributed by atoms with Gasteiger partial charge in [0.1, 0.15) is 6.04 Å². The van der Waals surface area contributed by atoms with Crippen molar-refractivity contribution >= 4 is 11.9 Å². The van der Waals surface area contributed by atoms with Crippen LogP contribution in [0.5, 0.6) is 0 Å². The molecule has 0 radical (unpaired) electrons. The molecule has 1 fully saturated rings. The van der Waals surface area contributed by atoms with E-state index in [-0.39, 0.29) is 5.76 Å². The molecule has 2 N–H and O–H groups in total. The molecule has 0 aliphatic heterocycles. The van der Waals surface area contributed by atoms with Crippen molar-refractivity contribution in [1.29, 1.82) is 0 Å². The summed E-state index contributed by atoms with van der Waals surface area (Å²) >= 11 is 0. The number of hydrogen-bond acceptors (Lipinski definition) is 4. The molecule has 1 amide bonds. The molecule has 6 nitrogen and oxygen atoms in total. The van der Waals surface area contributed by atoms with Crippen LogP contribution in [0.1, 0.15) is 48.4 Å². The number of aromatic nitrogens is 1. The zero-order valence-corrected chi connectivity index (χ0v) is 9.47. The second kappa shape index (κ2) is 4.57. The molecule has 1 aromatic heterocycles. The Morgan fingerprint density at radius 3 is 2.88 bits per heavy atom. The molecule has 0 spiro atoms. The van der Waals surface area contributed by atoms with Crippen molar-refractivity contribution in [3.63, 3.8) is 0 Å². The first-order valence-corrected chi connectivity index (χ1v) is 5.62. The third kappa shape index (κ3) is 2.64. The highest BCUT2D eigenvalue weighted by Crippen LogP contribution is 2.39. The molecule has 1 heterocycles. The van der Waals surface area contributed by atoms with E-state index in [9.17, 15) is 9.59 Å². The number of carboxylic acids is 1. The third-order valence-corrected chi connectivity index (χ3v) is 2.76. The summed E-state index contributed by atoms with van der Waals surface area (Å²) in [6.45, 7) is 1.69. The summed E-state index contributed by atoms with van der Waals surface area (Å²) < 4.78 is 4.90. The summed E-state index contributed by atoms with van der Waals surface area (Å²) in [6.07, 6.45) is 2.46. The number of aliphatic carboxylic acids is 1. The molecule has 2 rings (SSSR count). The Labute approximate surface area is 98.0 Å². The molecule has 1 aromatic rings. The molecular formula is C11H14N2O4. The van der Waals surface area contributed by atoms with E-state index in [0.717, 1.165) is 18.5 Å². The summed E-state index contributed by atoms with van der Waals surface area (Å²) in [7, 11) is 0. The molecular weight excluding hydrogens is 224 g/mol. The second-order valence-electron chi connectivity index (χ2n) is 4.16. The summed E-state index contributed by atoms with van der Waals surface area (Å²) in [5.74, 6) is -1.10. The topological polar surface area (TPSA) is 92.4 Å². The zero-order valence-electron chi connectivity index (χ0n) is 9.47. The number of nitrogens with one attached hydrogen (secondary N) is 1. The number of hydrogen-bond donors (Lipinski definition) is 2. The SMILES string of the molecule is CCC(NC(=O)c1cc(C2CC2)no1)C(=O)O. The van der Waals surface area contributed by atoms with Gasteiger partial charge in [0.05, 0.1) is 5.69 Å². The van der Waals surface area contributed by atoms with Crippen molar-refractivity contribution in [2.75, 3.05) is 0 Å². The van der Waals surface area contributed by atoms with E-state index in [4.69, 9.17) is 9.63 Å². The Kier molecular flexibility index (Phi) is 3.12.